The SMILES string of the molecule is CCCCC(CN)NC(=O)c1cc(S(=O)(=O)N(C)C)ccc1N1CCCC1. The molecule has 1 atom stereocenters. The Balaban J connectivity index is 2.38. The average molecular weight is 397 g/mol. The fourth-order valence-corrected chi connectivity index (χ4v) is 4.19. The first kappa shape index (κ1) is 21.7. The van der Waals surface area contributed by atoms with Crippen LogP contribution < -0.4 is 16.0 Å². The number of anilines is 1. The van der Waals surface area contributed by atoms with Crippen LogP contribution in [0.4, 0.5) is 5.69 Å². The van der Waals surface area contributed by atoms with Crippen molar-refractivity contribution in [1.82, 2.24) is 9.62 Å². The third kappa shape index (κ3) is 5.21. The van der Waals surface area contributed by atoms with E-state index in [9.17, 15) is 13.2 Å². The van der Waals surface area contributed by atoms with Crippen molar-refractivity contribution in [3.05, 3.63) is 23.8 Å². The summed E-state index contributed by atoms with van der Waals surface area (Å²) in [6.45, 7) is 4.20. The Kier molecular flexibility index (Phi) is 7.64. The quantitative estimate of drug-likeness (QED) is 0.663. The topological polar surface area (TPSA) is 95.7 Å². The van der Waals surface area contributed by atoms with Gasteiger partial charge in [-0.2, -0.15) is 0 Å². The van der Waals surface area contributed by atoms with Crippen molar-refractivity contribution in [2.45, 2.75) is 50.0 Å². The molecule has 1 saturated heterocycles. The smallest absolute Gasteiger partial charge is 0.253 e. The summed E-state index contributed by atoms with van der Waals surface area (Å²) < 4.78 is 26.2. The van der Waals surface area contributed by atoms with E-state index in [1.807, 2.05) is 0 Å². The Bertz CT molecular complexity index is 743. The van der Waals surface area contributed by atoms with Gasteiger partial charge in [0.1, 0.15) is 0 Å². The van der Waals surface area contributed by atoms with Crippen molar-refractivity contribution in [2.24, 2.45) is 5.73 Å². The number of unbranched alkanes of at least 4 members (excludes halogenated alkanes) is 1. The fraction of sp³-hybridized carbons (Fsp3) is 0.632. The maximum absolute atomic E-state index is 13.0. The average Bonchev–Trinajstić information content (AvgIpc) is 3.18. The van der Waals surface area contributed by atoms with Gasteiger partial charge in [0, 0.05) is 45.5 Å². The summed E-state index contributed by atoms with van der Waals surface area (Å²) in [6, 6.07) is 4.71. The van der Waals surface area contributed by atoms with Gasteiger partial charge in [0.25, 0.3) is 5.91 Å². The number of amides is 1. The van der Waals surface area contributed by atoms with E-state index in [1.54, 1.807) is 12.1 Å². The molecule has 0 bridgehead atoms. The van der Waals surface area contributed by atoms with Gasteiger partial charge >= 0.3 is 0 Å². The molecule has 1 amide bonds. The summed E-state index contributed by atoms with van der Waals surface area (Å²) in [4.78, 5) is 15.3. The van der Waals surface area contributed by atoms with Crippen LogP contribution in [0.1, 0.15) is 49.4 Å². The Hall–Kier alpha value is -1.64. The zero-order valence-corrected chi connectivity index (χ0v) is 17.4. The molecule has 1 aromatic carbocycles. The number of hydrogen-bond donors (Lipinski definition) is 2. The summed E-state index contributed by atoms with van der Waals surface area (Å²) in [5, 5.41) is 2.99. The number of carbonyl (C=O) groups excluding carboxylic acids is 1. The number of nitrogens with one attached hydrogen (secondary N) is 1. The number of sulfonamides is 1. The molecular formula is C19H32N4O3S. The van der Waals surface area contributed by atoms with Gasteiger partial charge in [-0.25, -0.2) is 12.7 Å². The Labute approximate surface area is 163 Å². The van der Waals surface area contributed by atoms with Crippen LogP contribution in [0.5, 0.6) is 0 Å². The first-order chi connectivity index (χ1) is 12.8. The van der Waals surface area contributed by atoms with Gasteiger partial charge in [-0.05, 0) is 37.5 Å². The summed E-state index contributed by atoms with van der Waals surface area (Å²) in [5.41, 5.74) is 7.00. The molecule has 27 heavy (non-hydrogen) atoms. The molecule has 0 aromatic heterocycles. The second-order valence-electron chi connectivity index (χ2n) is 7.21. The second kappa shape index (κ2) is 9.52. The first-order valence-corrected chi connectivity index (χ1v) is 11.1. The predicted molar refractivity (Wildman–Crippen MR) is 109 cm³/mol. The maximum atomic E-state index is 13.0. The predicted octanol–water partition coefficient (Wildman–Crippen LogP) is 1.78. The standard InChI is InChI=1S/C19H32N4O3S/c1-4-5-8-15(14-20)21-19(24)17-13-16(27(25,26)22(2)3)9-10-18(17)23-11-6-7-12-23/h9-10,13,15H,4-8,11-12,14,20H2,1-3H3,(H,21,24). The van der Waals surface area contributed by atoms with Gasteiger partial charge in [0.15, 0.2) is 0 Å². The van der Waals surface area contributed by atoms with E-state index >= 15 is 0 Å². The molecule has 1 aliphatic heterocycles. The van der Waals surface area contributed by atoms with E-state index in [2.05, 4.69) is 17.1 Å². The minimum Gasteiger partial charge on any atom is -0.371 e. The number of nitrogens with zero attached hydrogens (tertiary/aromatic N) is 2. The van der Waals surface area contributed by atoms with Crippen LogP contribution in [-0.4, -0.2) is 58.4 Å². The van der Waals surface area contributed by atoms with E-state index in [0.717, 1.165) is 55.2 Å². The van der Waals surface area contributed by atoms with Gasteiger partial charge in [0.05, 0.1) is 10.5 Å². The van der Waals surface area contributed by atoms with Crippen LogP contribution in [0.3, 0.4) is 0 Å². The van der Waals surface area contributed by atoms with E-state index in [-0.39, 0.29) is 16.8 Å². The monoisotopic (exact) mass is 396 g/mol. The van der Waals surface area contributed by atoms with Gasteiger partial charge in [0.2, 0.25) is 10.0 Å². The highest BCUT2D eigenvalue weighted by Crippen LogP contribution is 2.28. The minimum atomic E-state index is -3.61. The van der Waals surface area contributed by atoms with Gasteiger partial charge in [-0.1, -0.05) is 19.8 Å². The van der Waals surface area contributed by atoms with Crippen LogP contribution >= 0.6 is 0 Å². The molecule has 152 valence electrons. The number of carbonyl (C=O) groups is 1. The number of benzene rings is 1. The van der Waals surface area contributed by atoms with Crippen LogP contribution in [-0.2, 0) is 10.0 Å². The first-order valence-electron chi connectivity index (χ1n) is 9.63. The van der Waals surface area contributed by atoms with Gasteiger partial charge in [-0.3, -0.25) is 4.79 Å². The third-order valence-corrected chi connectivity index (χ3v) is 6.77. The van der Waals surface area contributed by atoms with Crippen molar-refractivity contribution < 1.29 is 13.2 Å². The Morgan fingerprint density at radius 1 is 1.30 bits per heavy atom. The van der Waals surface area contributed by atoms with Crippen LogP contribution in [0.25, 0.3) is 0 Å². The Morgan fingerprint density at radius 3 is 2.52 bits per heavy atom. The molecule has 0 radical (unpaired) electrons. The van der Waals surface area contributed by atoms with Crippen LogP contribution in [0.2, 0.25) is 0 Å². The summed E-state index contributed by atoms with van der Waals surface area (Å²) in [7, 11) is -0.642. The molecule has 7 nitrogen and oxygen atoms in total. The Morgan fingerprint density at radius 2 is 1.96 bits per heavy atom. The molecule has 2 rings (SSSR count). The largest absolute Gasteiger partial charge is 0.371 e. The number of rotatable bonds is 9. The lowest BCUT2D eigenvalue weighted by molar-refractivity contribution is 0.0936. The molecule has 0 saturated carbocycles. The van der Waals surface area contributed by atoms with Crippen molar-refractivity contribution in [2.75, 3.05) is 38.6 Å². The van der Waals surface area contributed by atoms with Crippen molar-refractivity contribution >= 4 is 21.6 Å². The van der Waals surface area contributed by atoms with E-state index in [0.29, 0.717) is 12.1 Å². The summed E-state index contributed by atoms with van der Waals surface area (Å²) in [6.07, 6.45) is 4.97. The lowest BCUT2D eigenvalue weighted by Crippen LogP contribution is -2.40. The maximum Gasteiger partial charge on any atom is 0.253 e. The van der Waals surface area contributed by atoms with Crippen molar-refractivity contribution in [3.8, 4) is 0 Å². The molecule has 1 fully saturated rings. The molecule has 3 N–H and O–H groups in total. The molecule has 1 unspecified atom stereocenters. The zero-order chi connectivity index (χ0) is 20.0. The van der Waals surface area contributed by atoms with E-state index in [1.165, 1.54) is 20.2 Å². The van der Waals surface area contributed by atoms with Crippen molar-refractivity contribution in [3.63, 3.8) is 0 Å². The molecular weight excluding hydrogens is 364 g/mol. The molecule has 0 aliphatic carbocycles. The summed E-state index contributed by atoms with van der Waals surface area (Å²) >= 11 is 0. The van der Waals surface area contributed by atoms with Crippen molar-refractivity contribution in [1.29, 1.82) is 0 Å². The third-order valence-electron chi connectivity index (χ3n) is 4.96. The van der Waals surface area contributed by atoms with Crippen LogP contribution in [0.15, 0.2) is 23.1 Å². The number of hydrogen-bond acceptors (Lipinski definition) is 5. The highest BCUT2D eigenvalue weighted by Gasteiger charge is 2.25. The lowest BCUT2D eigenvalue weighted by Gasteiger charge is -2.24. The summed E-state index contributed by atoms with van der Waals surface area (Å²) in [5.74, 6) is -0.265. The van der Waals surface area contributed by atoms with E-state index < -0.39 is 10.0 Å². The number of nitrogens with two attached hydrogens (primary N) is 1. The highest BCUT2D eigenvalue weighted by molar-refractivity contribution is 7.89. The van der Waals surface area contributed by atoms with E-state index in [4.69, 9.17) is 5.73 Å². The molecule has 1 heterocycles. The minimum absolute atomic E-state index is 0.113. The highest BCUT2D eigenvalue weighted by atomic mass is 32.2. The van der Waals surface area contributed by atoms with Crippen LogP contribution in [0, 0.1) is 0 Å². The normalized spacial score (nSPS) is 16.0. The lowest BCUT2D eigenvalue weighted by atomic mass is 10.1. The zero-order valence-electron chi connectivity index (χ0n) is 16.6. The molecule has 8 heteroatoms. The van der Waals surface area contributed by atoms with Gasteiger partial charge in [-0.15, -0.1) is 0 Å². The second-order valence-corrected chi connectivity index (χ2v) is 9.36. The fourth-order valence-electron chi connectivity index (χ4n) is 3.26. The molecule has 0 spiro atoms. The molecule has 1 aromatic rings. The molecule has 1 aliphatic rings. The van der Waals surface area contributed by atoms with Gasteiger partial charge < -0.3 is 16.0 Å².